The molecule has 0 radical (unpaired) electrons. The smallest absolute Gasteiger partial charge is 0.110 e. The summed E-state index contributed by atoms with van der Waals surface area (Å²) in [6, 6.07) is 0. The first-order valence-corrected chi connectivity index (χ1v) is 5.82. The van der Waals surface area contributed by atoms with Crippen LogP contribution in [-0.4, -0.2) is 26.9 Å². The predicted molar refractivity (Wildman–Crippen MR) is 44.7 cm³/mol. The summed E-state index contributed by atoms with van der Waals surface area (Å²) in [4.78, 5) is 0. The molecule has 2 rings (SSSR count). The van der Waals surface area contributed by atoms with Crippen LogP contribution in [0.2, 0.25) is 0 Å². The highest BCUT2D eigenvalue weighted by atomic mass is 32.2. The van der Waals surface area contributed by atoms with Crippen molar-refractivity contribution < 1.29 is 4.21 Å². The van der Waals surface area contributed by atoms with Crippen LogP contribution in [0, 0.1) is 4.78 Å². The molecule has 0 bridgehead atoms. The SMILES string of the molecule is N=S(=O)(C1CC1)N1CCCC1. The molecule has 0 aromatic carbocycles. The van der Waals surface area contributed by atoms with Crippen molar-refractivity contribution in [1.82, 2.24) is 4.31 Å². The molecule has 2 fully saturated rings. The summed E-state index contributed by atoms with van der Waals surface area (Å²) in [6.45, 7) is 1.78. The minimum atomic E-state index is -2.33. The zero-order chi connectivity index (χ0) is 7.90. The molecule has 11 heavy (non-hydrogen) atoms. The van der Waals surface area contributed by atoms with Gasteiger partial charge in [-0.2, -0.15) is 0 Å². The normalized spacial score (nSPS) is 32.0. The van der Waals surface area contributed by atoms with E-state index in [4.69, 9.17) is 4.78 Å². The summed E-state index contributed by atoms with van der Waals surface area (Å²) in [6.07, 6.45) is 4.28. The van der Waals surface area contributed by atoms with E-state index in [9.17, 15) is 4.21 Å². The minimum absolute atomic E-state index is 0.209. The van der Waals surface area contributed by atoms with Crippen molar-refractivity contribution in [2.45, 2.75) is 30.9 Å². The van der Waals surface area contributed by atoms with Crippen LogP contribution in [0.4, 0.5) is 0 Å². The van der Waals surface area contributed by atoms with Gasteiger partial charge in [-0.05, 0) is 25.7 Å². The van der Waals surface area contributed by atoms with Gasteiger partial charge in [-0.3, -0.25) is 0 Å². The fourth-order valence-corrected chi connectivity index (χ4v) is 3.56. The maximum Gasteiger partial charge on any atom is 0.110 e. The highest BCUT2D eigenvalue weighted by Gasteiger charge is 2.37. The third kappa shape index (κ3) is 1.29. The number of nitrogens with zero attached hydrogens (tertiary/aromatic N) is 1. The maximum atomic E-state index is 11.7. The van der Waals surface area contributed by atoms with Crippen LogP contribution in [-0.2, 0) is 9.92 Å². The van der Waals surface area contributed by atoms with Crippen molar-refractivity contribution in [3.05, 3.63) is 0 Å². The van der Waals surface area contributed by atoms with E-state index < -0.39 is 9.92 Å². The first-order chi connectivity index (χ1) is 5.21. The molecule has 0 amide bonds. The van der Waals surface area contributed by atoms with E-state index >= 15 is 0 Å². The maximum absolute atomic E-state index is 11.7. The second kappa shape index (κ2) is 2.45. The molecule has 1 heterocycles. The number of hydrogen-bond donors (Lipinski definition) is 1. The summed E-state index contributed by atoms with van der Waals surface area (Å²) in [5.74, 6) is 0. The van der Waals surface area contributed by atoms with E-state index in [1.165, 1.54) is 0 Å². The largest absolute Gasteiger partial charge is 0.240 e. The molecule has 1 aliphatic carbocycles. The summed E-state index contributed by atoms with van der Waals surface area (Å²) >= 11 is 0. The monoisotopic (exact) mass is 174 g/mol. The van der Waals surface area contributed by atoms with E-state index in [0.29, 0.717) is 0 Å². The lowest BCUT2D eigenvalue weighted by molar-refractivity contribution is 0.523. The molecular weight excluding hydrogens is 160 g/mol. The number of hydrogen-bond acceptors (Lipinski definition) is 2. The lowest BCUT2D eigenvalue weighted by Crippen LogP contribution is -2.29. The van der Waals surface area contributed by atoms with Crippen molar-refractivity contribution in [1.29, 1.82) is 4.78 Å². The van der Waals surface area contributed by atoms with Gasteiger partial charge in [-0.1, -0.05) is 0 Å². The van der Waals surface area contributed by atoms with Crippen LogP contribution < -0.4 is 0 Å². The Hall–Kier alpha value is -0.0900. The first-order valence-electron chi connectivity index (χ1n) is 4.24. The first kappa shape index (κ1) is 7.55. The molecule has 0 spiro atoms. The summed E-state index contributed by atoms with van der Waals surface area (Å²) < 4.78 is 21.3. The predicted octanol–water partition coefficient (Wildman–Crippen LogP) is 1.21. The van der Waals surface area contributed by atoms with Crippen molar-refractivity contribution >= 4 is 9.92 Å². The van der Waals surface area contributed by atoms with E-state index in [1.54, 1.807) is 0 Å². The van der Waals surface area contributed by atoms with Gasteiger partial charge >= 0.3 is 0 Å². The molecule has 1 unspecified atom stereocenters. The fourth-order valence-electron chi connectivity index (χ4n) is 1.56. The number of nitrogens with one attached hydrogen (secondary N) is 1. The lowest BCUT2D eigenvalue weighted by atomic mass is 10.4. The molecule has 1 atom stereocenters. The Kier molecular flexibility index (Phi) is 1.68. The Morgan fingerprint density at radius 3 is 2.27 bits per heavy atom. The average Bonchev–Trinajstić information content (AvgIpc) is 2.66. The molecule has 1 N–H and O–H groups in total. The zero-order valence-electron chi connectivity index (χ0n) is 6.58. The van der Waals surface area contributed by atoms with Gasteiger partial charge in [-0.15, -0.1) is 0 Å². The van der Waals surface area contributed by atoms with Gasteiger partial charge in [0.05, 0.1) is 5.25 Å². The second-order valence-corrected chi connectivity index (χ2v) is 5.72. The topological polar surface area (TPSA) is 44.2 Å². The molecule has 0 aromatic rings. The van der Waals surface area contributed by atoms with Gasteiger partial charge in [0.2, 0.25) is 0 Å². The Bertz CT molecular complexity index is 237. The van der Waals surface area contributed by atoms with Crippen LogP contribution >= 0.6 is 0 Å². The van der Waals surface area contributed by atoms with Gasteiger partial charge in [0, 0.05) is 13.1 Å². The molecule has 3 nitrogen and oxygen atoms in total. The van der Waals surface area contributed by atoms with Crippen molar-refractivity contribution in [3.8, 4) is 0 Å². The summed E-state index contributed by atoms with van der Waals surface area (Å²) in [7, 11) is -2.33. The van der Waals surface area contributed by atoms with E-state index in [1.807, 2.05) is 4.31 Å². The standard InChI is InChI=1S/C7H14N2OS/c8-11(10,7-3-4-7)9-5-1-2-6-9/h7-8H,1-6H2. The van der Waals surface area contributed by atoms with Crippen molar-refractivity contribution in [2.24, 2.45) is 0 Å². The van der Waals surface area contributed by atoms with E-state index in [-0.39, 0.29) is 5.25 Å². The van der Waals surface area contributed by atoms with Crippen LogP contribution in [0.1, 0.15) is 25.7 Å². The Morgan fingerprint density at radius 1 is 1.27 bits per heavy atom. The van der Waals surface area contributed by atoms with E-state index in [0.717, 1.165) is 38.8 Å². The molecular formula is C7H14N2OS. The molecule has 1 saturated heterocycles. The summed E-state index contributed by atoms with van der Waals surface area (Å²) in [5, 5.41) is 0.209. The Morgan fingerprint density at radius 2 is 1.82 bits per heavy atom. The van der Waals surface area contributed by atoms with Gasteiger partial charge in [-0.25, -0.2) is 13.3 Å². The third-order valence-corrected chi connectivity index (χ3v) is 4.93. The third-order valence-electron chi connectivity index (χ3n) is 2.42. The fraction of sp³-hybridized carbons (Fsp3) is 1.00. The van der Waals surface area contributed by atoms with Crippen molar-refractivity contribution in [3.63, 3.8) is 0 Å². The molecule has 64 valence electrons. The zero-order valence-corrected chi connectivity index (χ0v) is 7.40. The molecule has 1 aliphatic heterocycles. The highest BCUT2D eigenvalue weighted by Crippen LogP contribution is 2.32. The van der Waals surface area contributed by atoms with Crippen LogP contribution in [0.15, 0.2) is 0 Å². The summed E-state index contributed by atoms with van der Waals surface area (Å²) in [5.41, 5.74) is 0. The minimum Gasteiger partial charge on any atom is -0.240 e. The second-order valence-electron chi connectivity index (χ2n) is 3.40. The number of rotatable bonds is 2. The molecule has 2 aliphatic rings. The molecule has 1 saturated carbocycles. The van der Waals surface area contributed by atoms with Gasteiger partial charge < -0.3 is 0 Å². The Balaban J connectivity index is 2.12. The van der Waals surface area contributed by atoms with Crippen LogP contribution in [0.3, 0.4) is 0 Å². The van der Waals surface area contributed by atoms with Crippen LogP contribution in [0.5, 0.6) is 0 Å². The average molecular weight is 174 g/mol. The quantitative estimate of drug-likeness (QED) is 0.672. The molecule has 0 aromatic heterocycles. The van der Waals surface area contributed by atoms with E-state index in [2.05, 4.69) is 0 Å². The van der Waals surface area contributed by atoms with Crippen molar-refractivity contribution in [2.75, 3.05) is 13.1 Å². The van der Waals surface area contributed by atoms with Crippen LogP contribution in [0.25, 0.3) is 0 Å². The van der Waals surface area contributed by atoms with Gasteiger partial charge in [0.25, 0.3) is 0 Å². The lowest BCUT2D eigenvalue weighted by Gasteiger charge is -2.17. The van der Waals surface area contributed by atoms with Gasteiger partial charge in [0.15, 0.2) is 0 Å². The Labute approximate surface area is 67.9 Å². The highest BCUT2D eigenvalue weighted by molar-refractivity contribution is 7.91. The van der Waals surface area contributed by atoms with Gasteiger partial charge in [0.1, 0.15) is 9.92 Å². The molecule has 4 heteroatoms.